The molecule has 1 aliphatic rings. The second kappa shape index (κ2) is 5.86. The van der Waals surface area contributed by atoms with Gasteiger partial charge in [-0.15, -0.1) is 0 Å². The Hall–Kier alpha value is -1.85. The number of carbonyl (C=O) groups is 1. The van der Waals surface area contributed by atoms with Gasteiger partial charge in [-0.3, -0.25) is 19.1 Å². The third-order valence-electron chi connectivity index (χ3n) is 3.48. The van der Waals surface area contributed by atoms with Crippen molar-refractivity contribution in [2.45, 2.75) is 39.2 Å². The van der Waals surface area contributed by atoms with Crippen molar-refractivity contribution in [3.05, 3.63) is 32.6 Å². The van der Waals surface area contributed by atoms with Crippen LogP contribution in [0.3, 0.4) is 0 Å². The van der Waals surface area contributed by atoms with Crippen molar-refractivity contribution in [3.63, 3.8) is 0 Å². The van der Waals surface area contributed by atoms with Crippen LogP contribution in [0.2, 0.25) is 0 Å². The summed E-state index contributed by atoms with van der Waals surface area (Å²) >= 11 is 0. The fourth-order valence-corrected chi connectivity index (χ4v) is 2.31. The second-order valence-corrected chi connectivity index (χ2v) is 4.84. The number of H-pyrrole nitrogens is 1. The topological polar surface area (TPSA) is 75.2 Å². The molecule has 0 unspecified atom stereocenters. The minimum absolute atomic E-state index is 0.00259. The van der Waals surface area contributed by atoms with Gasteiger partial charge in [-0.1, -0.05) is 6.92 Å². The van der Waals surface area contributed by atoms with Crippen molar-refractivity contribution in [1.82, 2.24) is 14.5 Å². The summed E-state index contributed by atoms with van der Waals surface area (Å²) in [6.07, 6.45) is 5.22. The van der Waals surface area contributed by atoms with E-state index >= 15 is 0 Å². The van der Waals surface area contributed by atoms with Gasteiger partial charge in [0.15, 0.2) is 0 Å². The Kier molecular flexibility index (Phi) is 4.19. The molecule has 0 spiro atoms. The third-order valence-corrected chi connectivity index (χ3v) is 3.48. The van der Waals surface area contributed by atoms with E-state index in [2.05, 4.69) is 4.98 Å². The van der Waals surface area contributed by atoms with E-state index in [1.807, 2.05) is 6.92 Å². The second-order valence-electron chi connectivity index (χ2n) is 4.84. The summed E-state index contributed by atoms with van der Waals surface area (Å²) < 4.78 is 1.29. The molecule has 0 bridgehead atoms. The highest BCUT2D eigenvalue weighted by molar-refractivity contribution is 5.76. The van der Waals surface area contributed by atoms with Gasteiger partial charge < -0.3 is 4.90 Å². The van der Waals surface area contributed by atoms with Crippen LogP contribution in [0, 0.1) is 0 Å². The standard InChI is InChI=1S/C13H19N3O3/c1-2-10-8-16(13(19)14-12(10)18)9-11(17)15-6-4-3-5-7-15/h8H,2-7,9H2,1H3,(H,14,18,19). The molecule has 1 aromatic heterocycles. The van der Waals surface area contributed by atoms with Gasteiger partial charge in [0.1, 0.15) is 6.54 Å². The number of aryl methyl sites for hydroxylation is 1. The van der Waals surface area contributed by atoms with Gasteiger partial charge in [0.05, 0.1) is 0 Å². The molecule has 2 heterocycles. The van der Waals surface area contributed by atoms with Gasteiger partial charge in [-0.25, -0.2) is 4.79 Å². The molecule has 0 atom stereocenters. The molecular weight excluding hydrogens is 246 g/mol. The smallest absolute Gasteiger partial charge is 0.328 e. The first-order valence-electron chi connectivity index (χ1n) is 6.72. The first-order valence-corrected chi connectivity index (χ1v) is 6.72. The highest BCUT2D eigenvalue weighted by Gasteiger charge is 2.17. The molecule has 2 rings (SSSR count). The van der Waals surface area contributed by atoms with E-state index in [0.717, 1.165) is 32.4 Å². The third kappa shape index (κ3) is 3.13. The number of likely N-dealkylation sites (tertiary alicyclic amines) is 1. The molecule has 1 fully saturated rings. The van der Waals surface area contributed by atoms with Crippen molar-refractivity contribution in [3.8, 4) is 0 Å². The van der Waals surface area contributed by atoms with E-state index < -0.39 is 5.69 Å². The fraction of sp³-hybridized carbons (Fsp3) is 0.615. The number of amides is 1. The quantitative estimate of drug-likeness (QED) is 0.843. The predicted molar refractivity (Wildman–Crippen MR) is 71.1 cm³/mol. The number of aromatic nitrogens is 2. The van der Waals surface area contributed by atoms with Gasteiger partial charge in [0.25, 0.3) is 5.56 Å². The molecule has 1 N–H and O–H groups in total. The van der Waals surface area contributed by atoms with Crippen LogP contribution >= 0.6 is 0 Å². The monoisotopic (exact) mass is 265 g/mol. The lowest BCUT2D eigenvalue weighted by atomic mass is 10.1. The largest absolute Gasteiger partial charge is 0.341 e. The maximum absolute atomic E-state index is 12.1. The summed E-state index contributed by atoms with van der Waals surface area (Å²) in [5.41, 5.74) is -0.368. The zero-order valence-electron chi connectivity index (χ0n) is 11.1. The summed E-state index contributed by atoms with van der Waals surface area (Å²) in [6, 6.07) is 0. The molecule has 0 radical (unpaired) electrons. The van der Waals surface area contributed by atoms with Gasteiger partial charge in [-0.2, -0.15) is 0 Å². The van der Waals surface area contributed by atoms with Gasteiger partial charge >= 0.3 is 5.69 Å². The van der Waals surface area contributed by atoms with E-state index in [1.165, 1.54) is 10.8 Å². The number of hydrogen-bond donors (Lipinski definition) is 1. The van der Waals surface area contributed by atoms with E-state index in [-0.39, 0.29) is 18.0 Å². The molecule has 0 aliphatic carbocycles. The Balaban J connectivity index is 2.16. The van der Waals surface area contributed by atoms with Crippen LogP contribution in [0.4, 0.5) is 0 Å². The number of piperidine rings is 1. The average Bonchev–Trinajstić information content (AvgIpc) is 2.42. The molecule has 1 amide bonds. The van der Waals surface area contributed by atoms with Gasteiger partial charge in [0, 0.05) is 24.8 Å². The first-order chi connectivity index (χ1) is 9.11. The highest BCUT2D eigenvalue weighted by atomic mass is 16.2. The molecule has 0 saturated carbocycles. The molecule has 6 heteroatoms. The summed E-state index contributed by atoms with van der Waals surface area (Å²) in [6.45, 7) is 3.36. The van der Waals surface area contributed by atoms with Crippen LogP contribution in [0.5, 0.6) is 0 Å². The Morgan fingerprint density at radius 3 is 2.58 bits per heavy atom. The molecule has 1 saturated heterocycles. The number of aromatic amines is 1. The number of hydrogen-bond acceptors (Lipinski definition) is 3. The Morgan fingerprint density at radius 2 is 1.95 bits per heavy atom. The molecule has 104 valence electrons. The SMILES string of the molecule is CCc1cn(CC(=O)N2CCCCC2)c(=O)[nH]c1=O. The van der Waals surface area contributed by atoms with E-state index in [1.54, 1.807) is 4.90 Å². The molecular formula is C13H19N3O3. The number of rotatable bonds is 3. The van der Waals surface area contributed by atoms with Crippen LogP contribution in [-0.4, -0.2) is 33.4 Å². The van der Waals surface area contributed by atoms with Crippen LogP contribution in [0.15, 0.2) is 15.8 Å². The van der Waals surface area contributed by atoms with Crippen LogP contribution in [-0.2, 0) is 17.8 Å². The summed E-state index contributed by atoms with van der Waals surface area (Å²) in [5.74, 6) is -0.0593. The Bertz CT molecular complexity index is 567. The Morgan fingerprint density at radius 1 is 1.26 bits per heavy atom. The van der Waals surface area contributed by atoms with Crippen LogP contribution < -0.4 is 11.2 Å². The molecule has 1 aliphatic heterocycles. The van der Waals surface area contributed by atoms with E-state index in [4.69, 9.17) is 0 Å². The van der Waals surface area contributed by atoms with Gasteiger partial charge in [0.2, 0.25) is 5.91 Å². The Labute approximate surface area is 111 Å². The minimum atomic E-state index is -0.521. The number of nitrogens with one attached hydrogen (secondary N) is 1. The van der Waals surface area contributed by atoms with E-state index in [0.29, 0.717) is 12.0 Å². The van der Waals surface area contributed by atoms with Crippen molar-refractivity contribution in [2.75, 3.05) is 13.1 Å². The van der Waals surface area contributed by atoms with Crippen molar-refractivity contribution in [1.29, 1.82) is 0 Å². The number of carbonyl (C=O) groups excluding carboxylic acids is 1. The zero-order chi connectivity index (χ0) is 13.8. The molecule has 19 heavy (non-hydrogen) atoms. The van der Waals surface area contributed by atoms with Crippen molar-refractivity contribution >= 4 is 5.91 Å². The van der Waals surface area contributed by atoms with E-state index in [9.17, 15) is 14.4 Å². The highest BCUT2D eigenvalue weighted by Crippen LogP contribution is 2.09. The first kappa shape index (κ1) is 13.6. The molecule has 1 aromatic rings. The lowest BCUT2D eigenvalue weighted by Gasteiger charge is -2.26. The van der Waals surface area contributed by atoms with Crippen molar-refractivity contribution < 1.29 is 4.79 Å². The lowest BCUT2D eigenvalue weighted by molar-refractivity contribution is -0.132. The molecule has 6 nitrogen and oxygen atoms in total. The summed E-state index contributed by atoms with van der Waals surface area (Å²) in [4.78, 5) is 39.2. The average molecular weight is 265 g/mol. The maximum atomic E-state index is 12.1. The minimum Gasteiger partial charge on any atom is -0.341 e. The summed E-state index contributed by atoms with van der Waals surface area (Å²) in [7, 11) is 0. The summed E-state index contributed by atoms with van der Waals surface area (Å²) in [5, 5.41) is 0. The number of nitrogens with zero attached hydrogens (tertiary/aromatic N) is 2. The maximum Gasteiger partial charge on any atom is 0.328 e. The zero-order valence-corrected chi connectivity index (χ0v) is 11.1. The van der Waals surface area contributed by atoms with Crippen molar-refractivity contribution in [2.24, 2.45) is 0 Å². The van der Waals surface area contributed by atoms with Crippen LogP contribution in [0.25, 0.3) is 0 Å². The molecule has 0 aromatic carbocycles. The van der Waals surface area contributed by atoms with Crippen LogP contribution in [0.1, 0.15) is 31.7 Å². The lowest BCUT2D eigenvalue weighted by Crippen LogP contribution is -2.41. The normalized spacial score (nSPS) is 15.5. The van der Waals surface area contributed by atoms with Gasteiger partial charge in [-0.05, 0) is 25.7 Å². The fourth-order valence-electron chi connectivity index (χ4n) is 2.31. The predicted octanol–water partition coefficient (Wildman–Crippen LogP) is 0.112.